The minimum atomic E-state index is -4.03. The van der Waals surface area contributed by atoms with Crippen LogP contribution in [0.3, 0.4) is 0 Å². The highest BCUT2D eigenvalue weighted by Gasteiger charge is 2.25. The number of halogens is 3. The van der Waals surface area contributed by atoms with Crippen LogP contribution >= 0.6 is 34.8 Å². The highest BCUT2D eigenvalue weighted by molar-refractivity contribution is 7.95. The molecular formula is C16H12Cl3NO3S. The maximum absolute atomic E-state index is 12.5. The van der Waals surface area contributed by atoms with Crippen molar-refractivity contribution in [1.82, 2.24) is 5.32 Å². The summed E-state index contributed by atoms with van der Waals surface area (Å²) >= 11 is 17.1. The molecule has 2 aromatic carbocycles. The van der Waals surface area contributed by atoms with Crippen LogP contribution in [0.4, 0.5) is 0 Å². The normalized spacial score (nSPS) is 11.0. The second kappa shape index (κ2) is 8.03. The fourth-order valence-corrected chi connectivity index (χ4v) is 3.92. The smallest absolute Gasteiger partial charge is 0.229 e. The molecule has 0 aromatic heterocycles. The maximum Gasteiger partial charge on any atom is 0.229 e. The number of hydrogen-bond acceptors (Lipinski definition) is 3. The van der Waals surface area contributed by atoms with Gasteiger partial charge in [0.2, 0.25) is 15.7 Å². The predicted molar refractivity (Wildman–Crippen MR) is 95.7 cm³/mol. The van der Waals surface area contributed by atoms with Gasteiger partial charge in [-0.1, -0.05) is 65.1 Å². The van der Waals surface area contributed by atoms with Crippen molar-refractivity contribution in [3.05, 3.63) is 74.7 Å². The molecule has 0 aliphatic heterocycles. The van der Waals surface area contributed by atoms with Crippen LogP contribution in [0.25, 0.3) is 0 Å². The molecule has 1 N–H and O–H groups in total. The first kappa shape index (κ1) is 18.8. The summed E-state index contributed by atoms with van der Waals surface area (Å²) in [7, 11) is -4.03. The first-order valence-corrected chi connectivity index (χ1v) is 9.32. The van der Waals surface area contributed by atoms with Gasteiger partial charge in [-0.2, -0.15) is 0 Å². The van der Waals surface area contributed by atoms with E-state index in [0.29, 0.717) is 10.6 Å². The summed E-state index contributed by atoms with van der Waals surface area (Å²) in [5.74, 6) is -0.564. The number of nitrogens with one attached hydrogen (secondary N) is 1. The van der Waals surface area contributed by atoms with E-state index in [1.807, 2.05) is 0 Å². The summed E-state index contributed by atoms with van der Waals surface area (Å²) in [6, 6.07) is 14.2. The zero-order valence-electron chi connectivity index (χ0n) is 12.2. The van der Waals surface area contributed by atoms with Crippen molar-refractivity contribution in [3.8, 4) is 0 Å². The molecule has 0 saturated carbocycles. The van der Waals surface area contributed by atoms with E-state index in [2.05, 4.69) is 5.32 Å². The molecule has 0 radical (unpaired) electrons. The van der Waals surface area contributed by atoms with Gasteiger partial charge in [0.05, 0.1) is 11.3 Å². The molecule has 1 amide bonds. The molecule has 2 aromatic rings. The minimum absolute atomic E-state index is 0.0226. The number of carbonyl (C=O) groups is 1. The van der Waals surface area contributed by atoms with Crippen LogP contribution in [0.5, 0.6) is 0 Å². The second-order valence-corrected chi connectivity index (χ2v) is 8.03. The molecule has 24 heavy (non-hydrogen) atoms. The molecule has 0 aliphatic carbocycles. The van der Waals surface area contributed by atoms with Crippen molar-refractivity contribution in [1.29, 1.82) is 0 Å². The fourth-order valence-electron chi connectivity index (χ4n) is 1.89. The van der Waals surface area contributed by atoms with E-state index < -0.39 is 25.3 Å². The van der Waals surface area contributed by atoms with Gasteiger partial charge in [0, 0.05) is 5.02 Å². The molecule has 0 unspecified atom stereocenters. The van der Waals surface area contributed by atoms with E-state index in [9.17, 15) is 13.2 Å². The Bertz CT molecular complexity index is 859. The van der Waals surface area contributed by atoms with Crippen molar-refractivity contribution >= 4 is 50.5 Å². The summed E-state index contributed by atoms with van der Waals surface area (Å²) < 4.78 is 24.6. The Morgan fingerprint density at radius 2 is 1.54 bits per heavy atom. The Morgan fingerprint density at radius 1 is 0.958 bits per heavy atom. The van der Waals surface area contributed by atoms with Crippen molar-refractivity contribution in [2.24, 2.45) is 0 Å². The molecule has 0 atom stereocenters. The van der Waals surface area contributed by atoms with Crippen LogP contribution in [-0.4, -0.2) is 14.3 Å². The molecule has 0 saturated heterocycles. The summed E-state index contributed by atoms with van der Waals surface area (Å²) in [6.07, 6.45) is -0.0496. The number of benzene rings is 2. The highest BCUT2D eigenvalue weighted by Crippen LogP contribution is 2.24. The minimum Gasteiger partial charge on any atom is -0.314 e. The maximum atomic E-state index is 12.5. The van der Waals surface area contributed by atoms with Crippen molar-refractivity contribution in [2.45, 2.75) is 11.3 Å². The number of amides is 1. The van der Waals surface area contributed by atoms with Gasteiger partial charge in [-0.05, 0) is 29.8 Å². The van der Waals surface area contributed by atoms with Gasteiger partial charge in [-0.3, -0.25) is 4.79 Å². The highest BCUT2D eigenvalue weighted by atomic mass is 35.5. The van der Waals surface area contributed by atoms with E-state index in [1.165, 1.54) is 12.1 Å². The third kappa shape index (κ3) is 4.74. The lowest BCUT2D eigenvalue weighted by molar-refractivity contribution is -0.119. The zero-order valence-corrected chi connectivity index (χ0v) is 15.3. The van der Waals surface area contributed by atoms with E-state index in [-0.39, 0.29) is 11.3 Å². The molecular weight excluding hydrogens is 393 g/mol. The van der Waals surface area contributed by atoms with Crippen LogP contribution in [0, 0.1) is 0 Å². The molecule has 0 bridgehead atoms. The zero-order chi connectivity index (χ0) is 17.7. The van der Waals surface area contributed by atoms with Gasteiger partial charge < -0.3 is 5.32 Å². The third-order valence-corrected chi connectivity index (χ3v) is 5.62. The van der Waals surface area contributed by atoms with Gasteiger partial charge in [0.1, 0.15) is 4.49 Å². The van der Waals surface area contributed by atoms with Gasteiger partial charge >= 0.3 is 0 Å². The van der Waals surface area contributed by atoms with Crippen LogP contribution in [0.2, 0.25) is 5.02 Å². The lowest BCUT2D eigenvalue weighted by atomic mass is 10.1. The SMILES string of the molecule is O=C(Cc1ccc(Cl)cc1)NC(=C(Cl)Cl)S(=O)(=O)c1ccccc1. The van der Waals surface area contributed by atoms with Crippen LogP contribution in [0.1, 0.15) is 5.56 Å². The monoisotopic (exact) mass is 403 g/mol. The average Bonchev–Trinajstić information content (AvgIpc) is 2.55. The summed E-state index contributed by atoms with van der Waals surface area (Å²) in [5.41, 5.74) is 0.666. The standard InChI is InChI=1S/C16H12Cl3NO3S/c17-12-8-6-11(7-9-12)10-14(21)20-16(15(18)19)24(22,23)13-4-2-1-3-5-13/h1-9H,10H2,(H,20,21). The largest absolute Gasteiger partial charge is 0.314 e. The quantitative estimate of drug-likeness (QED) is 0.817. The lowest BCUT2D eigenvalue weighted by Gasteiger charge is -2.11. The first-order valence-electron chi connectivity index (χ1n) is 6.70. The Balaban J connectivity index is 2.22. The molecule has 4 nitrogen and oxygen atoms in total. The average molecular weight is 405 g/mol. The molecule has 0 spiro atoms. The van der Waals surface area contributed by atoms with Crippen molar-refractivity contribution in [2.75, 3.05) is 0 Å². The van der Waals surface area contributed by atoms with Gasteiger partial charge in [-0.25, -0.2) is 8.42 Å². The van der Waals surface area contributed by atoms with E-state index in [0.717, 1.165) is 0 Å². The van der Waals surface area contributed by atoms with E-state index >= 15 is 0 Å². The molecule has 0 fully saturated rings. The number of hydrogen-bond donors (Lipinski definition) is 1. The summed E-state index contributed by atoms with van der Waals surface area (Å²) in [6.45, 7) is 0. The summed E-state index contributed by atoms with van der Waals surface area (Å²) in [5, 5.41) is 2.27. The third-order valence-electron chi connectivity index (χ3n) is 3.02. The Hall–Kier alpha value is -1.53. The first-order chi connectivity index (χ1) is 11.3. The molecule has 2 rings (SSSR count). The molecule has 0 aliphatic rings. The van der Waals surface area contributed by atoms with Crippen LogP contribution in [0.15, 0.2) is 69.0 Å². The number of carbonyl (C=O) groups excluding carboxylic acids is 1. The predicted octanol–water partition coefficient (Wildman–Crippen LogP) is 4.08. The van der Waals surface area contributed by atoms with Crippen molar-refractivity contribution in [3.63, 3.8) is 0 Å². The topological polar surface area (TPSA) is 63.2 Å². The van der Waals surface area contributed by atoms with Crippen LogP contribution < -0.4 is 5.32 Å². The Kier molecular flexibility index (Phi) is 6.29. The lowest BCUT2D eigenvalue weighted by Crippen LogP contribution is -2.29. The fraction of sp³-hybridized carbons (Fsp3) is 0.0625. The molecule has 8 heteroatoms. The Labute approximate surface area is 155 Å². The van der Waals surface area contributed by atoms with E-state index in [1.54, 1.807) is 42.5 Å². The molecule has 126 valence electrons. The molecule has 0 heterocycles. The van der Waals surface area contributed by atoms with Crippen LogP contribution in [-0.2, 0) is 21.1 Å². The van der Waals surface area contributed by atoms with Gasteiger partial charge in [0.25, 0.3) is 0 Å². The summed E-state index contributed by atoms with van der Waals surface area (Å²) in [4.78, 5) is 12.1. The van der Waals surface area contributed by atoms with Gasteiger partial charge in [-0.15, -0.1) is 0 Å². The van der Waals surface area contributed by atoms with E-state index in [4.69, 9.17) is 34.8 Å². The number of rotatable bonds is 5. The Morgan fingerprint density at radius 3 is 2.08 bits per heavy atom. The van der Waals surface area contributed by atoms with Crippen molar-refractivity contribution < 1.29 is 13.2 Å². The van der Waals surface area contributed by atoms with Gasteiger partial charge in [0.15, 0.2) is 5.03 Å². The number of sulfone groups is 1. The second-order valence-electron chi connectivity index (χ2n) is 4.76.